The predicted octanol–water partition coefficient (Wildman–Crippen LogP) is 1.54. The van der Waals surface area contributed by atoms with Crippen molar-refractivity contribution < 1.29 is 21.6 Å². The third kappa shape index (κ3) is 9.27. The quantitative estimate of drug-likeness (QED) is 0.250. The van der Waals surface area contributed by atoms with Gasteiger partial charge in [0.1, 0.15) is 0 Å². The van der Waals surface area contributed by atoms with E-state index in [-0.39, 0.29) is 43.6 Å². The number of nitrogens with one attached hydrogen (secondary N) is 3. The molecule has 0 saturated carbocycles. The highest BCUT2D eigenvalue weighted by molar-refractivity contribution is 14.0. The molecular weight excluding hydrogens is 460 g/mol. The van der Waals surface area contributed by atoms with E-state index in [1.807, 2.05) is 0 Å². The van der Waals surface area contributed by atoms with Crippen molar-refractivity contribution in [3.8, 4) is 0 Å². The van der Waals surface area contributed by atoms with Crippen LogP contribution in [0.2, 0.25) is 0 Å². The molecule has 3 N–H and O–H groups in total. The first-order valence-corrected chi connectivity index (χ1v) is 8.56. The van der Waals surface area contributed by atoms with Gasteiger partial charge in [0.25, 0.3) is 0 Å². The van der Waals surface area contributed by atoms with Crippen LogP contribution in [0.1, 0.15) is 11.1 Å². The lowest BCUT2D eigenvalue weighted by molar-refractivity contribution is -0.137. The zero-order chi connectivity index (χ0) is 17.5. The standard InChI is InChI=1S/C13H19F3N4O2S.HI/c1-17-12(18-6-7-20-23(2,21)22)19-9-10-4-3-5-11(8-10)13(14,15)16;/h3-5,8,20H,6-7,9H2,1-2H3,(H2,17,18,19);1H. The van der Waals surface area contributed by atoms with E-state index in [1.54, 1.807) is 6.07 Å². The molecule has 0 atom stereocenters. The lowest BCUT2D eigenvalue weighted by Gasteiger charge is -2.13. The monoisotopic (exact) mass is 480 g/mol. The van der Waals surface area contributed by atoms with Crippen LogP contribution in [0, 0.1) is 0 Å². The Kier molecular flexibility index (Phi) is 9.58. The van der Waals surface area contributed by atoms with E-state index in [9.17, 15) is 21.6 Å². The molecule has 11 heteroatoms. The van der Waals surface area contributed by atoms with Gasteiger partial charge in [0.2, 0.25) is 10.0 Å². The maximum Gasteiger partial charge on any atom is 0.416 e. The van der Waals surface area contributed by atoms with Gasteiger partial charge in [-0.2, -0.15) is 13.2 Å². The van der Waals surface area contributed by atoms with Gasteiger partial charge in [0, 0.05) is 26.7 Å². The van der Waals surface area contributed by atoms with Crippen molar-refractivity contribution in [2.75, 3.05) is 26.4 Å². The molecule has 0 aromatic heterocycles. The van der Waals surface area contributed by atoms with Crippen LogP contribution in [0.3, 0.4) is 0 Å². The fourth-order valence-corrected chi connectivity index (χ4v) is 2.15. The molecule has 0 fully saturated rings. The van der Waals surface area contributed by atoms with Crippen molar-refractivity contribution >= 4 is 40.0 Å². The minimum absolute atomic E-state index is 0. The second-order valence-electron chi connectivity index (χ2n) is 4.72. The molecule has 1 aromatic rings. The van der Waals surface area contributed by atoms with Gasteiger partial charge in [-0.15, -0.1) is 24.0 Å². The Morgan fingerprint density at radius 2 is 1.88 bits per heavy atom. The highest BCUT2D eigenvalue weighted by Crippen LogP contribution is 2.29. The van der Waals surface area contributed by atoms with Crippen molar-refractivity contribution in [1.29, 1.82) is 0 Å². The van der Waals surface area contributed by atoms with Crippen LogP contribution in [0.4, 0.5) is 13.2 Å². The highest BCUT2D eigenvalue weighted by atomic mass is 127. The fraction of sp³-hybridized carbons (Fsp3) is 0.462. The SMILES string of the molecule is CN=C(NCCNS(C)(=O)=O)NCc1cccc(C(F)(F)F)c1.I. The first-order chi connectivity index (χ1) is 10.6. The van der Waals surface area contributed by atoms with E-state index in [1.165, 1.54) is 13.1 Å². The second kappa shape index (κ2) is 10.0. The van der Waals surface area contributed by atoms with E-state index >= 15 is 0 Å². The lowest BCUT2D eigenvalue weighted by atomic mass is 10.1. The highest BCUT2D eigenvalue weighted by Gasteiger charge is 2.30. The fourth-order valence-electron chi connectivity index (χ4n) is 1.68. The molecule has 0 heterocycles. The zero-order valence-electron chi connectivity index (χ0n) is 13.1. The number of rotatable bonds is 6. The molecule has 6 nitrogen and oxygen atoms in total. The predicted molar refractivity (Wildman–Crippen MR) is 97.9 cm³/mol. The largest absolute Gasteiger partial charge is 0.416 e. The molecule has 0 aliphatic heterocycles. The van der Waals surface area contributed by atoms with E-state index < -0.39 is 21.8 Å². The summed E-state index contributed by atoms with van der Waals surface area (Å²) >= 11 is 0. The number of alkyl halides is 3. The molecule has 0 aliphatic rings. The first kappa shape index (κ1) is 22.9. The van der Waals surface area contributed by atoms with Crippen molar-refractivity contribution in [1.82, 2.24) is 15.4 Å². The number of hydrogen-bond donors (Lipinski definition) is 3. The summed E-state index contributed by atoms with van der Waals surface area (Å²) < 4.78 is 62.0. The summed E-state index contributed by atoms with van der Waals surface area (Å²) in [5.41, 5.74) is -0.255. The average molecular weight is 480 g/mol. The van der Waals surface area contributed by atoms with Crippen LogP contribution >= 0.6 is 24.0 Å². The van der Waals surface area contributed by atoms with E-state index in [4.69, 9.17) is 0 Å². The molecule has 1 aromatic carbocycles. The molecule has 0 saturated heterocycles. The van der Waals surface area contributed by atoms with Crippen LogP contribution in [-0.4, -0.2) is 40.8 Å². The summed E-state index contributed by atoms with van der Waals surface area (Å²) in [6.07, 6.45) is -3.33. The van der Waals surface area contributed by atoms with Crippen molar-refractivity contribution in [3.63, 3.8) is 0 Å². The average Bonchev–Trinajstić information content (AvgIpc) is 2.45. The number of sulfonamides is 1. The summed E-state index contributed by atoms with van der Waals surface area (Å²) in [5, 5.41) is 5.70. The Labute approximate surface area is 156 Å². The molecule has 0 radical (unpaired) electrons. The third-order valence-electron chi connectivity index (χ3n) is 2.72. The number of aliphatic imine (C=N–C) groups is 1. The summed E-state index contributed by atoms with van der Waals surface area (Å²) in [6.45, 7) is 0.613. The van der Waals surface area contributed by atoms with Crippen LogP contribution in [0.15, 0.2) is 29.3 Å². The maximum absolute atomic E-state index is 12.6. The van der Waals surface area contributed by atoms with Crippen LogP contribution < -0.4 is 15.4 Å². The van der Waals surface area contributed by atoms with Crippen molar-refractivity contribution in [3.05, 3.63) is 35.4 Å². The van der Waals surface area contributed by atoms with Crippen LogP contribution in [0.5, 0.6) is 0 Å². The Hall–Kier alpha value is -1.08. The number of hydrogen-bond acceptors (Lipinski definition) is 3. The van der Waals surface area contributed by atoms with Crippen LogP contribution in [0.25, 0.3) is 0 Å². The van der Waals surface area contributed by atoms with Gasteiger partial charge in [-0.1, -0.05) is 12.1 Å². The second-order valence-corrected chi connectivity index (χ2v) is 6.55. The smallest absolute Gasteiger partial charge is 0.355 e. The summed E-state index contributed by atoms with van der Waals surface area (Å²) in [7, 11) is -1.75. The van der Waals surface area contributed by atoms with E-state index in [0.29, 0.717) is 11.5 Å². The number of halogens is 4. The van der Waals surface area contributed by atoms with Gasteiger partial charge in [0.05, 0.1) is 11.8 Å². The zero-order valence-corrected chi connectivity index (χ0v) is 16.3. The molecule has 0 bridgehead atoms. The molecule has 0 spiro atoms. The number of guanidine groups is 1. The minimum atomic E-state index is -4.38. The van der Waals surface area contributed by atoms with Gasteiger partial charge >= 0.3 is 6.18 Å². The lowest BCUT2D eigenvalue weighted by Crippen LogP contribution is -2.41. The maximum atomic E-state index is 12.6. The molecule has 138 valence electrons. The minimum Gasteiger partial charge on any atom is -0.355 e. The van der Waals surface area contributed by atoms with Crippen LogP contribution in [-0.2, 0) is 22.7 Å². The molecule has 24 heavy (non-hydrogen) atoms. The molecular formula is C13H20F3IN4O2S. The first-order valence-electron chi connectivity index (χ1n) is 6.67. The summed E-state index contributed by atoms with van der Waals surface area (Å²) in [4.78, 5) is 3.90. The number of nitrogens with zero attached hydrogens (tertiary/aromatic N) is 1. The van der Waals surface area contributed by atoms with Gasteiger partial charge in [-0.05, 0) is 17.7 Å². The topological polar surface area (TPSA) is 82.6 Å². The van der Waals surface area contributed by atoms with Crippen molar-refractivity contribution in [2.24, 2.45) is 4.99 Å². The summed E-state index contributed by atoms with van der Waals surface area (Å²) in [6, 6.07) is 4.98. The Morgan fingerprint density at radius 1 is 1.21 bits per heavy atom. The molecule has 1 rings (SSSR count). The Balaban J connectivity index is 0.00000529. The molecule has 0 unspecified atom stereocenters. The molecule has 0 aliphatic carbocycles. The molecule has 0 amide bonds. The van der Waals surface area contributed by atoms with E-state index in [2.05, 4.69) is 20.3 Å². The van der Waals surface area contributed by atoms with Gasteiger partial charge in [-0.3, -0.25) is 4.99 Å². The third-order valence-corrected chi connectivity index (χ3v) is 3.45. The van der Waals surface area contributed by atoms with Gasteiger partial charge < -0.3 is 10.6 Å². The Morgan fingerprint density at radius 3 is 2.42 bits per heavy atom. The number of benzene rings is 1. The van der Waals surface area contributed by atoms with E-state index in [0.717, 1.165) is 18.4 Å². The summed E-state index contributed by atoms with van der Waals surface area (Å²) in [5.74, 6) is 0.359. The van der Waals surface area contributed by atoms with Gasteiger partial charge in [-0.25, -0.2) is 13.1 Å². The Bertz CT molecular complexity index is 651. The van der Waals surface area contributed by atoms with Gasteiger partial charge in [0.15, 0.2) is 5.96 Å². The van der Waals surface area contributed by atoms with Crippen molar-refractivity contribution in [2.45, 2.75) is 12.7 Å². The normalized spacial score (nSPS) is 12.5.